The van der Waals surface area contributed by atoms with Crippen molar-refractivity contribution in [3.05, 3.63) is 24.3 Å². The van der Waals surface area contributed by atoms with E-state index in [-0.39, 0.29) is 32.2 Å². The van der Waals surface area contributed by atoms with Crippen LogP contribution in [0.1, 0.15) is 380 Å². The second-order valence-electron chi connectivity index (χ2n) is 26.6. The highest BCUT2D eigenvalue weighted by atomic mass is 16.7. The van der Waals surface area contributed by atoms with Crippen LogP contribution in [-0.4, -0.2) is 82.3 Å². The average molecular weight is 1190 g/mol. The van der Waals surface area contributed by atoms with Crippen molar-refractivity contribution in [1.82, 2.24) is 0 Å². The van der Waals surface area contributed by atoms with E-state index in [0.717, 1.165) is 44.9 Å². The number of carbonyl (C=O) groups is 3. The van der Waals surface area contributed by atoms with Gasteiger partial charge in [-0.15, -0.1) is 0 Å². The fourth-order valence-corrected chi connectivity index (χ4v) is 11.3. The van der Waals surface area contributed by atoms with Gasteiger partial charge in [-0.05, 0) is 44.9 Å². The molecule has 0 saturated heterocycles. The zero-order valence-corrected chi connectivity index (χ0v) is 56.8. The van der Waals surface area contributed by atoms with Crippen molar-refractivity contribution in [2.75, 3.05) is 47.5 Å². The minimum absolute atomic E-state index is 0.151. The van der Waals surface area contributed by atoms with Gasteiger partial charge in [-0.1, -0.05) is 346 Å². The van der Waals surface area contributed by atoms with Gasteiger partial charge in [0.25, 0.3) is 0 Å². The summed E-state index contributed by atoms with van der Waals surface area (Å²) < 4.78 is 22.8. The van der Waals surface area contributed by atoms with Gasteiger partial charge in [0.1, 0.15) is 13.2 Å². The molecule has 0 bridgehead atoms. The molecule has 0 aliphatic heterocycles. The number of nitrogens with zero attached hydrogens (tertiary/aromatic N) is 1. The van der Waals surface area contributed by atoms with Crippen molar-refractivity contribution in [2.45, 2.75) is 392 Å². The SMILES string of the molecule is CCCCCCC/C=C\C/C=C\CCCCCCCCCCCCCCCCCC(=O)OC(COC(=O)CCCCCCCCCCCCCCCCCCCCCCCCCCCCCCCCCC)COC(OCC[N+](C)(C)C)C(=O)[O-]. The maximum atomic E-state index is 12.9. The number of rotatable bonds is 70. The molecule has 0 amide bonds. The molecule has 0 aromatic carbocycles. The van der Waals surface area contributed by atoms with Crippen molar-refractivity contribution in [3.63, 3.8) is 0 Å². The first kappa shape index (κ1) is 81.8. The number of carbonyl (C=O) groups excluding carboxylic acids is 3. The standard InChI is InChI=1S/C75H143NO8/c1-6-8-10-12-14-16-18-20-22-24-26-28-30-32-34-35-36-37-38-40-41-43-45-47-49-51-53-55-57-59-61-63-65-72(77)82-69-71(70-83-75(74(79)80)81-68-67-76(3,4)5)84-73(78)66-64-62-60-58-56-54-52-50-48-46-44-42-39-33-31-29-27-25-23-21-19-17-15-13-11-9-7-2/h19,21,25,27,71,75H,6-18,20,22-24,26,28-70H2,1-5H3/b21-19-,27-25-. The van der Waals surface area contributed by atoms with Gasteiger partial charge in [0, 0.05) is 12.8 Å². The molecule has 496 valence electrons. The van der Waals surface area contributed by atoms with E-state index >= 15 is 0 Å². The summed E-state index contributed by atoms with van der Waals surface area (Å²) in [6.45, 7) is 4.82. The van der Waals surface area contributed by atoms with Gasteiger partial charge in [0.2, 0.25) is 0 Å². The zero-order chi connectivity index (χ0) is 61.2. The average Bonchev–Trinajstić information content (AvgIpc) is 3.51. The Labute approximate surface area is 522 Å². The lowest BCUT2D eigenvalue weighted by Gasteiger charge is -2.26. The Hall–Kier alpha value is -2.23. The Morgan fingerprint density at radius 1 is 0.357 bits per heavy atom. The van der Waals surface area contributed by atoms with Crippen LogP contribution in [0.25, 0.3) is 0 Å². The maximum Gasteiger partial charge on any atom is 0.306 e. The summed E-state index contributed by atoms with van der Waals surface area (Å²) in [5, 5.41) is 11.8. The number of carboxylic acids is 1. The van der Waals surface area contributed by atoms with Crippen LogP contribution in [0.3, 0.4) is 0 Å². The molecule has 0 rings (SSSR count). The number of quaternary nitrogens is 1. The smallest absolute Gasteiger partial charge is 0.306 e. The number of aliphatic carboxylic acids is 1. The molecule has 2 unspecified atom stereocenters. The highest BCUT2D eigenvalue weighted by Crippen LogP contribution is 2.19. The molecular weight excluding hydrogens is 1040 g/mol. The lowest BCUT2D eigenvalue weighted by Crippen LogP contribution is -2.44. The molecule has 9 nitrogen and oxygen atoms in total. The molecule has 0 aliphatic rings. The number of hydrogen-bond acceptors (Lipinski definition) is 8. The summed E-state index contributed by atoms with van der Waals surface area (Å²) >= 11 is 0. The minimum atomic E-state index is -1.62. The van der Waals surface area contributed by atoms with Gasteiger partial charge in [-0.3, -0.25) is 9.59 Å². The van der Waals surface area contributed by atoms with Crippen molar-refractivity contribution in [3.8, 4) is 0 Å². The molecule has 0 fully saturated rings. The minimum Gasteiger partial charge on any atom is -0.545 e. The normalized spacial score (nSPS) is 12.7. The fourth-order valence-electron chi connectivity index (χ4n) is 11.3. The van der Waals surface area contributed by atoms with Crippen LogP contribution in [0.2, 0.25) is 0 Å². The van der Waals surface area contributed by atoms with Gasteiger partial charge >= 0.3 is 11.9 Å². The van der Waals surface area contributed by atoms with Crippen LogP contribution in [-0.2, 0) is 33.3 Å². The predicted octanol–water partition coefficient (Wildman–Crippen LogP) is 21.6. The first-order valence-electron chi connectivity index (χ1n) is 37.0. The molecule has 0 aromatic rings. The van der Waals surface area contributed by atoms with E-state index in [9.17, 15) is 19.5 Å². The topological polar surface area (TPSA) is 111 Å². The van der Waals surface area contributed by atoms with Crippen LogP contribution in [0, 0.1) is 0 Å². The molecule has 0 N–H and O–H groups in total. The van der Waals surface area contributed by atoms with E-state index < -0.39 is 24.3 Å². The molecule has 0 aromatic heterocycles. The van der Waals surface area contributed by atoms with Gasteiger partial charge in [0.05, 0.1) is 40.3 Å². The van der Waals surface area contributed by atoms with Gasteiger partial charge in [-0.25, -0.2) is 0 Å². The van der Waals surface area contributed by atoms with Crippen LogP contribution in [0.4, 0.5) is 0 Å². The Morgan fingerprint density at radius 2 is 0.643 bits per heavy atom. The van der Waals surface area contributed by atoms with E-state index in [1.54, 1.807) is 0 Å². The molecule has 0 saturated carbocycles. The molecule has 0 radical (unpaired) electrons. The molecule has 0 heterocycles. The van der Waals surface area contributed by atoms with E-state index in [1.807, 2.05) is 21.1 Å². The van der Waals surface area contributed by atoms with Crippen molar-refractivity contribution >= 4 is 17.9 Å². The predicted molar refractivity (Wildman–Crippen MR) is 357 cm³/mol. The first-order chi connectivity index (χ1) is 41.1. The van der Waals surface area contributed by atoms with Gasteiger partial charge in [0.15, 0.2) is 12.4 Å². The number of allylic oxidation sites excluding steroid dienone is 4. The van der Waals surface area contributed by atoms with Crippen LogP contribution >= 0.6 is 0 Å². The van der Waals surface area contributed by atoms with Gasteiger partial charge < -0.3 is 33.3 Å². The maximum absolute atomic E-state index is 12.9. The molecule has 0 aliphatic carbocycles. The Kier molecular flexibility index (Phi) is 64.9. The number of likely N-dealkylation sites (N-methyl/N-ethyl adjacent to an activating group) is 1. The second kappa shape index (κ2) is 66.7. The number of unbranched alkanes of at least 4 members (excludes halogenated alkanes) is 51. The quantitative estimate of drug-likeness (QED) is 0.0195. The first-order valence-corrected chi connectivity index (χ1v) is 37.0. The second-order valence-corrected chi connectivity index (χ2v) is 26.6. The van der Waals surface area contributed by atoms with Crippen molar-refractivity contribution in [2.24, 2.45) is 0 Å². The Balaban J connectivity index is 4.02. The number of hydrogen-bond donors (Lipinski definition) is 0. The van der Waals surface area contributed by atoms with E-state index in [4.69, 9.17) is 18.9 Å². The Morgan fingerprint density at radius 3 is 0.940 bits per heavy atom. The molecule has 84 heavy (non-hydrogen) atoms. The monoisotopic (exact) mass is 1190 g/mol. The Bertz CT molecular complexity index is 1430. The lowest BCUT2D eigenvalue weighted by molar-refractivity contribution is -0.870. The van der Waals surface area contributed by atoms with Gasteiger partial charge in [-0.2, -0.15) is 0 Å². The highest BCUT2D eigenvalue weighted by Gasteiger charge is 2.22. The molecule has 9 heteroatoms. The van der Waals surface area contributed by atoms with Crippen LogP contribution in [0.15, 0.2) is 24.3 Å². The fraction of sp³-hybridized carbons (Fsp3) is 0.907. The van der Waals surface area contributed by atoms with E-state index in [2.05, 4.69) is 38.2 Å². The third-order valence-electron chi connectivity index (χ3n) is 17.0. The summed E-state index contributed by atoms with van der Waals surface area (Å²) in [7, 11) is 5.95. The summed E-state index contributed by atoms with van der Waals surface area (Å²) in [5.74, 6) is -2.25. The summed E-state index contributed by atoms with van der Waals surface area (Å²) in [4.78, 5) is 37.5. The number of esters is 2. The summed E-state index contributed by atoms with van der Waals surface area (Å²) in [6.07, 6.45) is 80.0. The van der Waals surface area contributed by atoms with E-state index in [0.29, 0.717) is 17.4 Å². The number of carboxylic acid groups (broad SMARTS) is 1. The third-order valence-corrected chi connectivity index (χ3v) is 17.0. The summed E-state index contributed by atoms with van der Waals surface area (Å²) in [6, 6.07) is 0. The van der Waals surface area contributed by atoms with Crippen LogP contribution < -0.4 is 5.11 Å². The lowest BCUT2D eigenvalue weighted by atomic mass is 10.0. The summed E-state index contributed by atoms with van der Waals surface area (Å²) in [5.41, 5.74) is 0. The zero-order valence-electron chi connectivity index (χ0n) is 56.8. The molecule has 0 spiro atoms. The number of ether oxygens (including phenoxy) is 4. The third kappa shape index (κ3) is 67.3. The van der Waals surface area contributed by atoms with Crippen LogP contribution in [0.5, 0.6) is 0 Å². The van der Waals surface area contributed by atoms with E-state index in [1.165, 1.54) is 308 Å². The highest BCUT2D eigenvalue weighted by molar-refractivity contribution is 5.70. The van der Waals surface area contributed by atoms with Crippen molar-refractivity contribution in [1.29, 1.82) is 0 Å². The largest absolute Gasteiger partial charge is 0.545 e. The van der Waals surface area contributed by atoms with Crippen molar-refractivity contribution < 1.29 is 42.9 Å². The molecule has 2 atom stereocenters. The molecular formula is C75H143NO8.